The van der Waals surface area contributed by atoms with E-state index in [1.54, 1.807) is 27.7 Å². The van der Waals surface area contributed by atoms with Crippen LogP contribution in [0.25, 0.3) is 11.2 Å². The van der Waals surface area contributed by atoms with Crippen molar-refractivity contribution in [3.05, 3.63) is 53.8 Å². The number of allylic oxidation sites excluding steroid dienone is 1. The molecular formula is C28H35F2N7O2. The Labute approximate surface area is 226 Å². The highest BCUT2D eigenvalue weighted by Gasteiger charge is 2.39. The third kappa shape index (κ3) is 5.72. The molecular weight excluding hydrogens is 504 g/mol. The number of imidazole rings is 1. The zero-order chi connectivity index (χ0) is 27.7. The number of carbonyl (C=O) groups excluding carboxylic acids is 2. The number of fused-ring (bicyclic) bond motifs is 1. The van der Waals surface area contributed by atoms with E-state index in [1.807, 2.05) is 19.9 Å². The number of piperidine rings is 1. The van der Waals surface area contributed by atoms with Gasteiger partial charge in [-0.15, -0.1) is 0 Å². The molecule has 2 atom stereocenters. The molecule has 0 radical (unpaired) electrons. The lowest BCUT2D eigenvalue weighted by Gasteiger charge is -2.33. The molecule has 208 valence electrons. The fourth-order valence-electron chi connectivity index (χ4n) is 5.73. The quantitative estimate of drug-likeness (QED) is 0.443. The third-order valence-corrected chi connectivity index (χ3v) is 7.93. The summed E-state index contributed by atoms with van der Waals surface area (Å²) in [4.78, 5) is 30.5. The van der Waals surface area contributed by atoms with E-state index in [-0.39, 0.29) is 49.3 Å². The van der Waals surface area contributed by atoms with Crippen LogP contribution >= 0.6 is 0 Å². The highest BCUT2D eigenvalue weighted by molar-refractivity contribution is 5.92. The molecule has 0 bridgehead atoms. The average Bonchev–Trinajstić information content (AvgIpc) is 3.55. The zero-order valence-corrected chi connectivity index (χ0v) is 22.4. The van der Waals surface area contributed by atoms with E-state index in [0.29, 0.717) is 36.5 Å². The van der Waals surface area contributed by atoms with Gasteiger partial charge in [0.1, 0.15) is 5.69 Å². The van der Waals surface area contributed by atoms with Crippen molar-refractivity contribution in [3.8, 4) is 0 Å². The van der Waals surface area contributed by atoms with E-state index in [4.69, 9.17) is 10.1 Å². The number of aromatic nitrogens is 5. The molecule has 5 rings (SSSR count). The van der Waals surface area contributed by atoms with Crippen molar-refractivity contribution >= 4 is 23.0 Å². The van der Waals surface area contributed by atoms with E-state index >= 15 is 0 Å². The minimum Gasteiger partial charge on any atom is -0.356 e. The Balaban J connectivity index is 1.49. The number of aryl methyl sites for hydroxylation is 1. The molecule has 0 aromatic carbocycles. The Hall–Kier alpha value is -3.63. The van der Waals surface area contributed by atoms with Gasteiger partial charge in [-0.2, -0.15) is 10.2 Å². The van der Waals surface area contributed by atoms with Crippen LogP contribution in [0.1, 0.15) is 85.9 Å². The summed E-state index contributed by atoms with van der Waals surface area (Å²) in [6, 6.07) is 2.97. The van der Waals surface area contributed by atoms with Crippen molar-refractivity contribution in [1.29, 1.82) is 0 Å². The molecule has 2 fully saturated rings. The number of hydrogen-bond acceptors (Lipinski definition) is 5. The number of carbonyl (C=O) groups is 2. The van der Waals surface area contributed by atoms with Gasteiger partial charge in [0, 0.05) is 50.0 Å². The Morgan fingerprint density at radius 1 is 1.31 bits per heavy atom. The topological polar surface area (TPSA) is 106 Å². The largest absolute Gasteiger partial charge is 0.356 e. The highest BCUT2D eigenvalue weighted by atomic mass is 19.3. The molecule has 3 aromatic heterocycles. The first-order valence-electron chi connectivity index (χ1n) is 13.7. The van der Waals surface area contributed by atoms with Crippen molar-refractivity contribution in [2.24, 2.45) is 11.8 Å². The number of hydrogen-bond donors (Lipinski definition) is 2. The van der Waals surface area contributed by atoms with Crippen LogP contribution in [-0.2, 0) is 17.8 Å². The second-order valence-corrected chi connectivity index (χ2v) is 10.8. The van der Waals surface area contributed by atoms with E-state index in [0.717, 1.165) is 29.7 Å². The smallest absolute Gasteiger partial charge is 0.270 e. The SMILES string of the molecule is C=C(C)c1cc2nc(C(NC(=O)c3ccnn3CC)C3CCC(F)(F)CC3)cn2nc1CC1CCCNC1=O. The van der Waals surface area contributed by atoms with Gasteiger partial charge >= 0.3 is 0 Å². The molecule has 1 saturated heterocycles. The summed E-state index contributed by atoms with van der Waals surface area (Å²) in [5.74, 6) is -3.35. The molecule has 2 aliphatic rings. The van der Waals surface area contributed by atoms with Gasteiger partial charge in [-0.3, -0.25) is 14.3 Å². The molecule has 4 heterocycles. The number of alkyl halides is 2. The highest BCUT2D eigenvalue weighted by Crippen LogP contribution is 2.41. The van der Waals surface area contributed by atoms with Crippen molar-refractivity contribution in [3.63, 3.8) is 0 Å². The fourth-order valence-corrected chi connectivity index (χ4v) is 5.73. The lowest BCUT2D eigenvalue weighted by atomic mass is 9.81. The molecule has 0 spiro atoms. The lowest BCUT2D eigenvalue weighted by Crippen LogP contribution is -2.38. The predicted octanol–water partition coefficient (Wildman–Crippen LogP) is 4.34. The first kappa shape index (κ1) is 27.0. The number of amides is 2. The second kappa shape index (κ2) is 10.9. The summed E-state index contributed by atoms with van der Waals surface area (Å²) in [6.45, 7) is 9.11. The maximum absolute atomic E-state index is 14.0. The van der Waals surface area contributed by atoms with Crippen LogP contribution in [0, 0.1) is 11.8 Å². The molecule has 2 unspecified atom stereocenters. The van der Waals surface area contributed by atoms with Crippen LogP contribution < -0.4 is 10.6 Å². The molecule has 1 saturated carbocycles. The maximum atomic E-state index is 14.0. The normalized spacial score (nSPS) is 20.5. The van der Waals surface area contributed by atoms with E-state index in [2.05, 4.69) is 22.3 Å². The standard InChI is InChI=1S/C28H35F2N7O2/c1-4-36-23(9-13-32-36)27(39)34-25(18-7-10-28(29,30)11-8-18)22-16-37-24(33-22)15-20(17(2)3)21(35-37)14-19-6-5-12-31-26(19)38/h9,13,15-16,18-19,25H,2,4-8,10-12,14H2,1,3H3,(H,31,38)(H,34,39). The van der Waals surface area contributed by atoms with Crippen LogP contribution in [0.4, 0.5) is 8.78 Å². The number of halogens is 2. The van der Waals surface area contributed by atoms with E-state index < -0.39 is 12.0 Å². The van der Waals surface area contributed by atoms with Crippen LogP contribution in [0.2, 0.25) is 0 Å². The monoisotopic (exact) mass is 539 g/mol. The van der Waals surface area contributed by atoms with Crippen LogP contribution in [0.15, 0.2) is 31.1 Å². The zero-order valence-electron chi connectivity index (χ0n) is 22.4. The Morgan fingerprint density at radius 3 is 2.77 bits per heavy atom. The van der Waals surface area contributed by atoms with Gasteiger partial charge in [-0.1, -0.05) is 6.58 Å². The summed E-state index contributed by atoms with van der Waals surface area (Å²) in [6.07, 6.45) is 5.62. The van der Waals surface area contributed by atoms with Gasteiger partial charge in [-0.05, 0) is 63.2 Å². The van der Waals surface area contributed by atoms with Crippen LogP contribution in [0.5, 0.6) is 0 Å². The molecule has 39 heavy (non-hydrogen) atoms. The molecule has 9 nitrogen and oxygen atoms in total. The molecule has 3 aromatic rings. The van der Waals surface area contributed by atoms with Crippen molar-refractivity contribution in [1.82, 2.24) is 35.0 Å². The Bertz CT molecular complexity index is 1390. The summed E-state index contributed by atoms with van der Waals surface area (Å²) < 4.78 is 31.3. The van der Waals surface area contributed by atoms with Gasteiger partial charge in [0.15, 0.2) is 5.65 Å². The Morgan fingerprint density at radius 2 is 2.08 bits per heavy atom. The third-order valence-electron chi connectivity index (χ3n) is 7.93. The molecule has 1 aliphatic heterocycles. The Kier molecular flexibility index (Phi) is 7.51. The second-order valence-electron chi connectivity index (χ2n) is 10.8. The number of nitrogens with one attached hydrogen (secondary N) is 2. The summed E-state index contributed by atoms with van der Waals surface area (Å²) in [5, 5.41) is 15.0. The van der Waals surface area contributed by atoms with Gasteiger partial charge in [0.25, 0.3) is 5.91 Å². The fraction of sp³-hybridized carbons (Fsp3) is 0.536. The van der Waals surface area contributed by atoms with Crippen LogP contribution in [0.3, 0.4) is 0 Å². The van der Waals surface area contributed by atoms with E-state index in [9.17, 15) is 18.4 Å². The number of nitrogens with zero attached hydrogens (tertiary/aromatic N) is 5. The first-order chi connectivity index (χ1) is 18.6. The lowest BCUT2D eigenvalue weighted by molar-refractivity contribution is -0.126. The molecule has 2 N–H and O–H groups in total. The minimum atomic E-state index is -2.69. The summed E-state index contributed by atoms with van der Waals surface area (Å²) in [5.41, 5.74) is 3.94. The van der Waals surface area contributed by atoms with Gasteiger partial charge in [-0.25, -0.2) is 18.3 Å². The molecule has 2 amide bonds. The maximum Gasteiger partial charge on any atom is 0.270 e. The average molecular weight is 540 g/mol. The molecule has 1 aliphatic carbocycles. The summed E-state index contributed by atoms with van der Waals surface area (Å²) in [7, 11) is 0. The molecule has 11 heteroatoms. The van der Waals surface area contributed by atoms with Gasteiger partial charge < -0.3 is 10.6 Å². The minimum absolute atomic E-state index is 0.0327. The van der Waals surface area contributed by atoms with Crippen molar-refractivity contribution < 1.29 is 18.4 Å². The van der Waals surface area contributed by atoms with Gasteiger partial charge in [0.05, 0.1) is 23.6 Å². The van der Waals surface area contributed by atoms with Gasteiger partial charge in [0.2, 0.25) is 11.8 Å². The van der Waals surface area contributed by atoms with E-state index in [1.165, 1.54) is 0 Å². The number of rotatable bonds is 8. The van der Waals surface area contributed by atoms with Crippen LogP contribution in [-0.4, -0.2) is 48.7 Å². The first-order valence-corrected chi connectivity index (χ1v) is 13.7. The van der Waals surface area contributed by atoms with Crippen molar-refractivity contribution in [2.45, 2.75) is 77.3 Å². The summed E-state index contributed by atoms with van der Waals surface area (Å²) >= 11 is 0. The van der Waals surface area contributed by atoms with Crippen molar-refractivity contribution in [2.75, 3.05) is 6.54 Å². The predicted molar refractivity (Wildman–Crippen MR) is 142 cm³/mol.